The van der Waals surface area contributed by atoms with E-state index >= 15 is 0 Å². The third kappa shape index (κ3) is 12.5. The van der Waals surface area contributed by atoms with Crippen molar-refractivity contribution in [3.8, 4) is 11.8 Å². The van der Waals surface area contributed by atoms with Gasteiger partial charge in [0.25, 0.3) is 8.32 Å². The summed E-state index contributed by atoms with van der Waals surface area (Å²) < 4.78 is 12.9. The molecule has 4 atom stereocenters. The van der Waals surface area contributed by atoms with Gasteiger partial charge in [-0.25, -0.2) is 4.79 Å². The molecule has 0 saturated heterocycles. The van der Waals surface area contributed by atoms with E-state index in [1.165, 1.54) is 22.5 Å². The molecule has 288 valence electrons. The van der Waals surface area contributed by atoms with Gasteiger partial charge >= 0.3 is 5.97 Å². The van der Waals surface area contributed by atoms with Crippen molar-refractivity contribution in [3.05, 3.63) is 120 Å². The molecule has 2 aromatic rings. The average molecular weight is 748 g/mol. The van der Waals surface area contributed by atoms with E-state index in [4.69, 9.17) is 9.16 Å². The molecule has 0 unspecified atom stereocenters. The second kappa shape index (κ2) is 20.2. The Bertz CT molecular complexity index is 1740. The molecular weight excluding hydrogens is 687 g/mol. The Hall–Kier alpha value is -4.51. The van der Waals surface area contributed by atoms with Crippen LogP contribution in [0.25, 0.3) is 0 Å². The maximum atomic E-state index is 13.6. The van der Waals surface area contributed by atoms with Crippen LogP contribution in [0.15, 0.2) is 120 Å². The van der Waals surface area contributed by atoms with Crippen LogP contribution in [0.2, 0.25) is 5.04 Å². The number of esters is 1. The fourth-order valence-electron chi connectivity index (χ4n) is 6.75. The predicted octanol–water partition coefficient (Wildman–Crippen LogP) is 8.74. The van der Waals surface area contributed by atoms with Crippen molar-refractivity contribution in [2.24, 2.45) is 11.3 Å². The molecule has 0 fully saturated rings. The van der Waals surface area contributed by atoms with Gasteiger partial charge in [-0.3, -0.25) is 9.59 Å². The molecule has 54 heavy (non-hydrogen) atoms. The molecule has 0 radical (unpaired) electrons. The van der Waals surface area contributed by atoms with Crippen molar-refractivity contribution in [1.82, 2.24) is 5.32 Å². The number of hydrogen-bond acceptors (Lipinski definition) is 5. The molecule has 0 saturated carbocycles. The van der Waals surface area contributed by atoms with Crippen LogP contribution in [-0.2, 0) is 23.5 Å². The number of allylic oxidation sites excluding steroid dienone is 4. The minimum Gasteiger partial charge on any atom is -0.458 e. The van der Waals surface area contributed by atoms with Crippen molar-refractivity contribution >= 4 is 36.4 Å². The largest absolute Gasteiger partial charge is 0.458 e. The van der Waals surface area contributed by atoms with Gasteiger partial charge in [-0.15, -0.1) is 0 Å². The van der Waals surface area contributed by atoms with Gasteiger partial charge in [-0.1, -0.05) is 157 Å². The minimum absolute atomic E-state index is 0.00143. The topological polar surface area (TPSA) is 81.7 Å². The van der Waals surface area contributed by atoms with Gasteiger partial charge in [0.2, 0.25) is 5.91 Å². The van der Waals surface area contributed by atoms with Gasteiger partial charge in [0.15, 0.2) is 5.78 Å². The Morgan fingerprint density at radius 2 is 1.56 bits per heavy atom. The lowest BCUT2D eigenvalue weighted by Gasteiger charge is -2.45. The number of ketones is 1. The van der Waals surface area contributed by atoms with Gasteiger partial charge in [0, 0.05) is 30.4 Å². The number of nitrogens with one attached hydrogen (secondary N) is 1. The highest BCUT2D eigenvalue weighted by molar-refractivity contribution is 6.99. The van der Waals surface area contributed by atoms with Crippen LogP contribution in [0, 0.1) is 23.2 Å². The maximum Gasteiger partial charge on any atom is 0.333 e. The van der Waals surface area contributed by atoms with Crippen molar-refractivity contribution in [2.75, 3.05) is 0 Å². The van der Waals surface area contributed by atoms with Crippen molar-refractivity contribution < 1.29 is 23.5 Å². The van der Waals surface area contributed by atoms with Crippen LogP contribution in [-0.4, -0.2) is 44.2 Å². The van der Waals surface area contributed by atoms with Crippen LogP contribution in [0.1, 0.15) is 94.9 Å². The van der Waals surface area contributed by atoms with Crippen LogP contribution in [0.3, 0.4) is 0 Å². The molecule has 0 bridgehead atoms. The summed E-state index contributed by atoms with van der Waals surface area (Å²) in [6.07, 6.45) is 16.8. The highest BCUT2D eigenvalue weighted by Gasteiger charge is 2.51. The van der Waals surface area contributed by atoms with Crippen LogP contribution < -0.4 is 15.7 Å². The van der Waals surface area contributed by atoms with Gasteiger partial charge in [0.05, 0.1) is 12.1 Å². The molecule has 3 rings (SSSR count). The standard InChI is InChI=1S/C47H61NO5Si/c1-11-12-24-38(53-54(47(8,9)10,39-26-15-13-16-27-39)40-28-17-14-18-29-40)25-20-21-30-41(49)44(46(5,6)7)48-43(50)31-22-19-23-35(2)34-37(4)42-33-32-36(3)45(51)52-42/h11-18,20-22,26-29,31-32,34,37-38,42,44H,24-25,30,33H2,1-10H3,(H,48,50)/b12-11-,21-20-,31-22-,35-34+/t37-,38-,42-,44+/m0/s1. The van der Waals surface area contributed by atoms with Gasteiger partial charge in [0.1, 0.15) is 6.10 Å². The van der Waals surface area contributed by atoms with E-state index in [0.29, 0.717) is 18.4 Å². The highest BCUT2D eigenvalue weighted by Crippen LogP contribution is 2.38. The van der Waals surface area contributed by atoms with E-state index in [9.17, 15) is 14.4 Å². The molecule has 7 heteroatoms. The summed E-state index contributed by atoms with van der Waals surface area (Å²) >= 11 is 0. The lowest BCUT2D eigenvalue weighted by molar-refractivity contribution is -0.147. The van der Waals surface area contributed by atoms with Crippen molar-refractivity contribution in [2.45, 2.75) is 118 Å². The quantitative estimate of drug-likeness (QED) is 0.0648. The van der Waals surface area contributed by atoms with E-state index in [-0.39, 0.29) is 47.2 Å². The molecular formula is C47H61NO5Si. The van der Waals surface area contributed by atoms with E-state index < -0.39 is 19.8 Å². The van der Waals surface area contributed by atoms with E-state index in [0.717, 1.165) is 12.0 Å². The zero-order valence-corrected chi connectivity index (χ0v) is 35.1. The Balaban J connectivity index is 1.69. The zero-order chi connectivity index (χ0) is 39.9. The maximum absolute atomic E-state index is 13.6. The van der Waals surface area contributed by atoms with Gasteiger partial charge in [-0.2, -0.15) is 0 Å². The molecule has 0 aromatic heterocycles. The summed E-state index contributed by atoms with van der Waals surface area (Å²) in [5.74, 6) is 5.22. The second-order valence-electron chi connectivity index (χ2n) is 16.3. The number of rotatable bonds is 15. The van der Waals surface area contributed by atoms with Gasteiger partial charge < -0.3 is 14.5 Å². The van der Waals surface area contributed by atoms with Crippen LogP contribution >= 0.6 is 0 Å². The molecule has 6 nitrogen and oxygen atoms in total. The molecule has 0 spiro atoms. The Morgan fingerprint density at radius 3 is 2.09 bits per heavy atom. The fraction of sp³-hybridized carbons (Fsp3) is 0.426. The lowest BCUT2D eigenvalue weighted by Crippen LogP contribution is -2.67. The zero-order valence-electron chi connectivity index (χ0n) is 34.1. The third-order valence-corrected chi connectivity index (χ3v) is 14.8. The molecule has 1 heterocycles. The summed E-state index contributed by atoms with van der Waals surface area (Å²) in [6, 6.07) is 20.6. The minimum atomic E-state index is -2.76. The first-order chi connectivity index (χ1) is 25.5. The summed E-state index contributed by atoms with van der Waals surface area (Å²) in [6.45, 7) is 20.3. The number of hydrogen-bond donors (Lipinski definition) is 1. The number of amides is 1. The predicted molar refractivity (Wildman–Crippen MR) is 225 cm³/mol. The Labute approximate surface area is 326 Å². The first-order valence-corrected chi connectivity index (χ1v) is 21.0. The normalized spacial score (nSPS) is 17.4. The van der Waals surface area contributed by atoms with Crippen molar-refractivity contribution in [1.29, 1.82) is 0 Å². The number of carbonyl (C=O) groups excluding carboxylic acids is 3. The summed E-state index contributed by atoms with van der Waals surface area (Å²) in [5.41, 5.74) is 0.956. The van der Waals surface area contributed by atoms with E-state index in [2.05, 4.69) is 98.6 Å². The first-order valence-electron chi connectivity index (χ1n) is 19.1. The Morgan fingerprint density at radius 1 is 0.963 bits per heavy atom. The number of Topliss-reactive ketones (excluding diaryl/α,β-unsaturated/α-hetero) is 1. The van der Waals surface area contributed by atoms with E-state index in [1.54, 1.807) is 6.92 Å². The third-order valence-electron chi connectivity index (χ3n) is 9.68. The van der Waals surface area contributed by atoms with E-state index in [1.807, 2.05) is 78.0 Å². The number of cyclic esters (lactones) is 1. The SMILES string of the molecule is C/C=C\C[C@@H](C/C=C\CC(=O)[C@@H](NC(=O)/C=C\C#C/C(C)=C/[C@H](C)[C@@H]1CC=C(C)C(=O)O1)C(C)(C)C)O[Si](c1ccccc1)(c1ccccc1)C(C)(C)C. The summed E-state index contributed by atoms with van der Waals surface area (Å²) in [4.78, 5) is 38.4. The number of benzene rings is 2. The Kier molecular flexibility index (Phi) is 16.5. The molecule has 0 aliphatic carbocycles. The van der Waals surface area contributed by atoms with Crippen LogP contribution in [0.5, 0.6) is 0 Å². The summed E-state index contributed by atoms with van der Waals surface area (Å²) in [5, 5.41) is 5.23. The number of ether oxygens (including phenoxy) is 1. The summed E-state index contributed by atoms with van der Waals surface area (Å²) in [7, 11) is -2.76. The molecule has 1 N–H and O–H groups in total. The number of carbonyl (C=O) groups is 3. The molecule has 2 aromatic carbocycles. The molecule has 1 aliphatic heterocycles. The lowest BCUT2D eigenvalue weighted by atomic mass is 9.83. The average Bonchev–Trinajstić information content (AvgIpc) is 3.12. The second-order valence-corrected chi connectivity index (χ2v) is 20.5. The molecule has 1 amide bonds. The van der Waals surface area contributed by atoms with Crippen molar-refractivity contribution in [3.63, 3.8) is 0 Å². The van der Waals surface area contributed by atoms with Crippen LogP contribution in [0.4, 0.5) is 0 Å². The monoisotopic (exact) mass is 747 g/mol. The smallest absolute Gasteiger partial charge is 0.333 e. The van der Waals surface area contributed by atoms with Gasteiger partial charge in [-0.05, 0) is 66.1 Å². The highest BCUT2D eigenvalue weighted by atomic mass is 28.4. The fourth-order valence-corrected chi connectivity index (χ4v) is 11.5. The first kappa shape index (κ1) is 43.9. The molecule has 1 aliphatic rings.